The van der Waals surface area contributed by atoms with Crippen LogP contribution in [0.1, 0.15) is 25.6 Å². The van der Waals surface area contributed by atoms with Gasteiger partial charge in [-0.15, -0.1) is 5.10 Å². The van der Waals surface area contributed by atoms with Gasteiger partial charge in [0.05, 0.1) is 23.2 Å². The van der Waals surface area contributed by atoms with Crippen molar-refractivity contribution in [2.75, 3.05) is 13.1 Å². The predicted molar refractivity (Wildman–Crippen MR) is 111 cm³/mol. The Kier molecular flexibility index (Phi) is 5.74. The van der Waals surface area contributed by atoms with Crippen molar-refractivity contribution in [1.29, 1.82) is 0 Å². The lowest BCUT2D eigenvalue weighted by Gasteiger charge is -2.37. The van der Waals surface area contributed by atoms with E-state index in [1.165, 1.54) is 4.31 Å². The summed E-state index contributed by atoms with van der Waals surface area (Å²) in [6.07, 6.45) is 1.84. The molecule has 8 nitrogen and oxygen atoms in total. The second-order valence-electron chi connectivity index (χ2n) is 7.41. The molecule has 0 saturated carbocycles. The standard InChI is InChI=1S/C21H24N4O4S/c1-16(2)29-20-8-10-21(11-9-20)30(26,27)24-13-18(14-24)25-12-17(22-23-25)15-28-19-6-4-3-5-7-19/h3-12,16,18H,13-15H2,1-2H3. The van der Waals surface area contributed by atoms with Crippen molar-refractivity contribution in [3.05, 3.63) is 66.5 Å². The van der Waals surface area contributed by atoms with Crippen molar-refractivity contribution < 1.29 is 17.9 Å². The van der Waals surface area contributed by atoms with Gasteiger partial charge in [-0.2, -0.15) is 4.31 Å². The Hall–Kier alpha value is -2.91. The highest BCUT2D eigenvalue weighted by Gasteiger charge is 2.38. The smallest absolute Gasteiger partial charge is 0.243 e. The number of hydrogen-bond acceptors (Lipinski definition) is 6. The molecule has 1 fully saturated rings. The van der Waals surface area contributed by atoms with Crippen LogP contribution in [0.4, 0.5) is 0 Å². The van der Waals surface area contributed by atoms with Gasteiger partial charge in [-0.25, -0.2) is 13.1 Å². The fraction of sp³-hybridized carbons (Fsp3) is 0.333. The van der Waals surface area contributed by atoms with Crippen molar-refractivity contribution in [3.8, 4) is 11.5 Å². The maximum atomic E-state index is 12.8. The second-order valence-corrected chi connectivity index (χ2v) is 9.34. The fourth-order valence-corrected chi connectivity index (χ4v) is 4.64. The van der Waals surface area contributed by atoms with Gasteiger partial charge < -0.3 is 9.47 Å². The van der Waals surface area contributed by atoms with Crippen LogP contribution in [0.2, 0.25) is 0 Å². The number of nitrogens with zero attached hydrogens (tertiary/aromatic N) is 4. The van der Waals surface area contributed by atoms with Crippen LogP contribution in [0.15, 0.2) is 65.7 Å². The lowest BCUT2D eigenvalue weighted by Crippen LogP contribution is -2.50. The van der Waals surface area contributed by atoms with Gasteiger partial charge in [-0.3, -0.25) is 0 Å². The molecular weight excluding hydrogens is 404 g/mol. The summed E-state index contributed by atoms with van der Waals surface area (Å²) in [5.41, 5.74) is 0.695. The molecule has 2 heterocycles. The zero-order chi connectivity index (χ0) is 21.1. The van der Waals surface area contributed by atoms with E-state index < -0.39 is 10.0 Å². The topological polar surface area (TPSA) is 86.6 Å². The van der Waals surface area contributed by atoms with Crippen molar-refractivity contribution in [3.63, 3.8) is 0 Å². The van der Waals surface area contributed by atoms with Crippen LogP contribution in [0.5, 0.6) is 11.5 Å². The molecular formula is C21H24N4O4S. The molecule has 1 aliphatic heterocycles. The van der Waals surface area contributed by atoms with Crippen LogP contribution in [-0.2, 0) is 16.6 Å². The number of benzene rings is 2. The molecule has 0 amide bonds. The Bertz CT molecular complexity index is 1080. The SMILES string of the molecule is CC(C)Oc1ccc(S(=O)(=O)N2CC(n3cc(COc4ccccc4)nn3)C2)cc1. The number of para-hydroxylation sites is 1. The minimum absolute atomic E-state index is 0.0364. The van der Waals surface area contributed by atoms with E-state index in [4.69, 9.17) is 9.47 Å². The van der Waals surface area contributed by atoms with E-state index in [0.29, 0.717) is 31.1 Å². The average molecular weight is 429 g/mol. The Morgan fingerprint density at radius 3 is 2.40 bits per heavy atom. The maximum absolute atomic E-state index is 12.8. The summed E-state index contributed by atoms with van der Waals surface area (Å²) >= 11 is 0. The van der Waals surface area contributed by atoms with Crippen molar-refractivity contribution >= 4 is 10.0 Å². The molecule has 3 aromatic rings. The van der Waals surface area contributed by atoms with Crippen LogP contribution in [0.25, 0.3) is 0 Å². The summed E-state index contributed by atoms with van der Waals surface area (Å²) in [4.78, 5) is 0.257. The van der Waals surface area contributed by atoms with Crippen LogP contribution in [-0.4, -0.2) is 46.9 Å². The molecule has 0 N–H and O–H groups in total. The van der Waals surface area contributed by atoms with Gasteiger partial charge in [0.25, 0.3) is 0 Å². The van der Waals surface area contributed by atoms with E-state index in [-0.39, 0.29) is 17.0 Å². The molecule has 158 valence electrons. The van der Waals surface area contributed by atoms with E-state index in [9.17, 15) is 8.42 Å². The summed E-state index contributed by atoms with van der Waals surface area (Å²) < 4.78 is 40.0. The lowest BCUT2D eigenvalue weighted by atomic mass is 10.2. The third kappa shape index (κ3) is 4.47. The molecule has 0 atom stereocenters. The first kappa shape index (κ1) is 20.4. The third-order valence-corrected chi connectivity index (χ3v) is 6.57. The second kappa shape index (κ2) is 8.45. The van der Waals surface area contributed by atoms with Gasteiger partial charge in [0.15, 0.2) is 0 Å². The molecule has 4 rings (SSSR count). The summed E-state index contributed by atoms with van der Waals surface area (Å²) in [7, 11) is -3.54. The average Bonchev–Trinajstić information content (AvgIpc) is 3.14. The van der Waals surface area contributed by atoms with Gasteiger partial charge in [0.1, 0.15) is 23.8 Å². The minimum Gasteiger partial charge on any atom is -0.491 e. The predicted octanol–water partition coefficient (Wildman–Crippen LogP) is 2.89. The van der Waals surface area contributed by atoms with E-state index in [1.54, 1.807) is 35.1 Å². The van der Waals surface area contributed by atoms with Crippen LogP contribution in [0, 0.1) is 0 Å². The van der Waals surface area contributed by atoms with Gasteiger partial charge in [0.2, 0.25) is 10.0 Å². The van der Waals surface area contributed by atoms with Crippen LogP contribution >= 0.6 is 0 Å². The van der Waals surface area contributed by atoms with Crippen LogP contribution in [0.3, 0.4) is 0 Å². The highest BCUT2D eigenvalue weighted by Crippen LogP contribution is 2.29. The number of hydrogen-bond donors (Lipinski definition) is 0. The Labute approximate surface area is 176 Å². The highest BCUT2D eigenvalue weighted by molar-refractivity contribution is 7.89. The molecule has 30 heavy (non-hydrogen) atoms. The fourth-order valence-electron chi connectivity index (χ4n) is 3.12. The Morgan fingerprint density at radius 1 is 1.03 bits per heavy atom. The first-order valence-electron chi connectivity index (χ1n) is 9.77. The third-order valence-electron chi connectivity index (χ3n) is 4.72. The zero-order valence-corrected chi connectivity index (χ0v) is 17.7. The molecule has 0 bridgehead atoms. The van der Waals surface area contributed by atoms with Crippen molar-refractivity contribution in [2.45, 2.75) is 37.5 Å². The molecule has 9 heteroatoms. The maximum Gasteiger partial charge on any atom is 0.243 e. The van der Waals surface area contributed by atoms with E-state index in [0.717, 1.165) is 5.75 Å². The van der Waals surface area contributed by atoms with E-state index in [1.807, 2.05) is 44.2 Å². The van der Waals surface area contributed by atoms with E-state index in [2.05, 4.69) is 10.3 Å². The molecule has 1 aliphatic rings. The number of sulfonamides is 1. The molecule has 2 aromatic carbocycles. The summed E-state index contributed by atoms with van der Waals surface area (Å²) in [5.74, 6) is 1.41. The van der Waals surface area contributed by atoms with E-state index >= 15 is 0 Å². The molecule has 1 aromatic heterocycles. The van der Waals surface area contributed by atoms with Gasteiger partial charge in [-0.1, -0.05) is 23.4 Å². The van der Waals surface area contributed by atoms with Crippen molar-refractivity contribution in [2.24, 2.45) is 0 Å². The molecule has 0 unspecified atom stereocenters. The summed E-state index contributed by atoms with van der Waals surface area (Å²) in [5, 5.41) is 8.25. The molecule has 0 spiro atoms. The quantitative estimate of drug-likeness (QED) is 0.548. The summed E-state index contributed by atoms with van der Waals surface area (Å²) in [6, 6.07) is 16.0. The van der Waals surface area contributed by atoms with Crippen molar-refractivity contribution in [1.82, 2.24) is 19.3 Å². The van der Waals surface area contributed by atoms with Gasteiger partial charge in [0, 0.05) is 13.1 Å². The Balaban J connectivity index is 1.33. The first-order valence-corrected chi connectivity index (χ1v) is 11.2. The number of rotatable bonds is 8. The van der Waals surface area contributed by atoms with Gasteiger partial charge >= 0.3 is 0 Å². The van der Waals surface area contributed by atoms with Gasteiger partial charge in [-0.05, 0) is 50.2 Å². The Morgan fingerprint density at radius 2 is 1.73 bits per heavy atom. The van der Waals surface area contributed by atoms with Crippen LogP contribution < -0.4 is 9.47 Å². The number of aromatic nitrogens is 3. The number of ether oxygens (including phenoxy) is 2. The highest BCUT2D eigenvalue weighted by atomic mass is 32.2. The summed E-state index contributed by atoms with van der Waals surface area (Å²) in [6.45, 7) is 4.87. The minimum atomic E-state index is -3.54. The largest absolute Gasteiger partial charge is 0.491 e. The first-order chi connectivity index (χ1) is 14.4. The normalized spacial score (nSPS) is 15.2. The molecule has 0 radical (unpaired) electrons. The molecule has 0 aliphatic carbocycles. The monoisotopic (exact) mass is 428 g/mol. The zero-order valence-electron chi connectivity index (χ0n) is 16.9. The molecule has 1 saturated heterocycles. The lowest BCUT2D eigenvalue weighted by molar-refractivity contribution is 0.188.